The lowest BCUT2D eigenvalue weighted by molar-refractivity contribution is -0.150. The van der Waals surface area contributed by atoms with Gasteiger partial charge in [0.25, 0.3) is 5.91 Å². The minimum Gasteiger partial charge on any atom is -0.482 e. The third kappa shape index (κ3) is 7.86. The number of alkyl halides is 3. The normalized spacial score (nSPS) is 12.0. The number of benzene rings is 1. The van der Waals surface area contributed by atoms with Crippen LogP contribution in [0.15, 0.2) is 24.3 Å². The summed E-state index contributed by atoms with van der Waals surface area (Å²) in [7, 11) is 0. The van der Waals surface area contributed by atoms with Gasteiger partial charge >= 0.3 is 18.2 Å². The molecule has 0 aliphatic rings. The maximum Gasteiger partial charge on any atom is 0.416 e. The zero-order valence-corrected chi connectivity index (χ0v) is 14.2. The van der Waals surface area contributed by atoms with E-state index >= 15 is 0 Å². The van der Waals surface area contributed by atoms with Crippen molar-refractivity contribution in [2.45, 2.75) is 32.5 Å². The van der Waals surface area contributed by atoms with Crippen LogP contribution in [0.25, 0.3) is 0 Å². The molecule has 0 aromatic heterocycles. The fourth-order valence-corrected chi connectivity index (χ4v) is 1.62. The molecular formula is C16H19F3N2O5. The van der Waals surface area contributed by atoms with Gasteiger partial charge in [0.05, 0.1) is 5.56 Å². The van der Waals surface area contributed by atoms with Crippen molar-refractivity contribution < 1.29 is 37.0 Å². The molecule has 1 aromatic carbocycles. The highest BCUT2D eigenvalue weighted by atomic mass is 19.4. The average Bonchev–Trinajstić information content (AvgIpc) is 2.57. The molecule has 0 unspecified atom stereocenters. The first kappa shape index (κ1) is 21.3. The minimum atomic E-state index is -4.53. The van der Waals surface area contributed by atoms with Crippen LogP contribution in [0.5, 0.6) is 5.75 Å². The second-order valence-corrected chi connectivity index (χ2v) is 5.31. The van der Waals surface area contributed by atoms with Crippen molar-refractivity contribution in [2.75, 3.05) is 13.2 Å². The van der Waals surface area contributed by atoms with Gasteiger partial charge in [0.15, 0.2) is 13.2 Å². The third-order valence-corrected chi connectivity index (χ3v) is 3.13. The molecule has 0 aliphatic heterocycles. The van der Waals surface area contributed by atoms with Crippen molar-refractivity contribution in [1.29, 1.82) is 0 Å². The molecule has 0 saturated carbocycles. The maximum absolute atomic E-state index is 12.6. The smallest absolute Gasteiger partial charge is 0.416 e. The van der Waals surface area contributed by atoms with Gasteiger partial charge in [-0.25, -0.2) is 9.59 Å². The number of esters is 1. The largest absolute Gasteiger partial charge is 0.482 e. The van der Waals surface area contributed by atoms with E-state index in [2.05, 4.69) is 10.1 Å². The highest BCUT2D eigenvalue weighted by Gasteiger charge is 2.30. The molecule has 0 spiro atoms. The summed E-state index contributed by atoms with van der Waals surface area (Å²) in [5.41, 5.74) is -0.921. The van der Waals surface area contributed by atoms with Crippen LogP contribution >= 0.6 is 0 Å². The summed E-state index contributed by atoms with van der Waals surface area (Å²) in [4.78, 5) is 34.3. The molecule has 0 heterocycles. The van der Waals surface area contributed by atoms with E-state index in [4.69, 9.17) is 4.74 Å². The number of carbonyl (C=O) groups is 3. The Hall–Kier alpha value is -2.78. The first-order chi connectivity index (χ1) is 12.1. The van der Waals surface area contributed by atoms with Crippen molar-refractivity contribution >= 4 is 17.9 Å². The van der Waals surface area contributed by atoms with Gasteiger partial charge in [0, 0.05) is 6.04 Å². The quantitative estimate of drug-likeness (QED) is 0.712. The van der Waals surface area contributed by atoms with E-state index in [1.165, 1.54) is 6.07 Å². The van der Waals surface area contributed by atoms with Gasteiger partial charge in [-0.05, 0) is 31.5 Å². The van der Waals surface area contributed by atoms with Crippen LogP contribution in [0.3, 0.4) is 0 Å². The zero-order chi connectivity index (χ0) is 19.7. The number of carbonyl (C=O) groups excluding carboxylic acids is 3. The number of rotatable bonds is 7. The Balaban J connectivity index is 2.37. The predicted molar refractivity (Wildman–Crippen MR) is 84.3 cm³/mol. The maximum atomic E-state index is 12.6. The monoisotopic (exact) mass is 376 g/mol. The number of imide groups is 1. The Labute approximate surface area is 147 Å². The van der Waals surface area contributed by atoms with Gasteiger partial charge in [-0.15, -0.1) is 0 Å². The highest BCUT2D eigenvalue weighted by Crippen LogP contribution is 2.31. The van der Waals surface area contributed by atoms with Gasteiger partial charge in [-0.3, -0.25) is 10.1 Å². The molecule has 0 bridgehead atoms. The molecule has 3 amide bonds. The molecule has 2 N–H and O–H groups in total. The third-order valence-electron chi connectivity index (χ3n) is 3.13. The molecule has 1 aromatic rings. The topological polar surface area (TPSA) is 93.7 Å². The SMILES string of the molecule is CC[C@H](C)NC(=O)NC(=O)COC(=O)COc1cccc(C(F)(F)F)c1. The minimum absolute atomic E-state index is 0.133. The standard InChI is InChI=1S/C16H19F3N2O5/c1-3-10(2)20-15(24)21-13(22)8-26-14(23)9-25-12-6-4-5-11(7-12)16(17,18)19/h4-7,10H,3,8-9H2,1-2H3,(H2,20,21,22,24)/t10-/m0/s1. The fourth-order valence-electron chi connectivity index (χ4n) is 1.62. The Kier molecular flexibility index (Phi) is 7.88. The number of amides is 3. The molecule has 0 saturated heterocycles. The molecule has 7 nitrogen and oxygen atoms in total. The summed E-state index contributed by atoms with van der Waals surface area (Å²) >= 11 is 0. The number of hydrogen-bond acceptors (Lipinski definition) is 5. The highest BCUT2D eigenvalue weighted by molar-refractivity contribution is 5.95. The van der Waals surface area contributed by atoms with Gasteiger partial charge in [-0.1, -0.05) is 13.0 Å². The van der Waals surface area contributed by atoms with Gasteiger partial charge in [-0.2, -0.15) is 13.2 Å². The van der Waals surface area contributed by atoms with E-state index in [-0.39, 0.29) is 11.8 Å². The fraction of sp³-hybridized carbons (Fsp3) is 0.438. The molecule has 10 heteroatoms. The van der Waals surface area contributed by atoms with Crippen molar-refractivity contribution in [3.63, 3.8) is 0 Å². The van der Waals surface area contributed by atoms with Crippen LogP contribution in [0.1, 0.15) is 25.8 Å². The summed E-state index contributed by atoms with van der Waals surface area (Å²) in [6.45, 7) is 2.18. The molecule has 1 atom stereocenters. The Morgan fingerprint density at radius 2 is 1.88 bits per heavy atom. The lowest BCUT2D eigenvalue weighted by Crippen LogP contribution is -2.44. The van der Waals surface area contributed by atoms with Gasteiger partial charge in [0.2, 0.25) is 0 Å². The number of urea groups is 1. The molecule has 0 aliphatic carbocycles. The number of hydrogen-bond donors (Lipinski definition) is 2. The van der Waals surface area contributed by atoms with Crippen molar-refractivity contribution in [2.24, 2.45) is 0 Å². The van der Waals surface area contributed by atoms with Crippen molar-refractivity contribution in [1.82, 2.24) is 10.6 Å². The summed E-state index contributed by atoms with van der Waals surface area (Å²) in [5.74, 6) is -1.99. The van der Waals surface area contributed by atoms with Crippen LogP contribution in [0, 0.1) is 0 Å². The molecule has 1 rings (SSSR count). The second-order valence-electron chi connectivity index (χ2n) is 5.31. The summed E-state index contributed by atoms with van der Waals surface area (Å²) < 4.78 is 47.1. The summed E-state index contributed by atoms with van der Waals surface area (Å²) in [5, 5.41) is 4.45. The lowest BCUT2D eigenvalue weighted by atomic mass is 10.2. The number of halogens is 3. The van der Waals surface area contributed by atoms with Crippen molar-refractivity contribution in [3.8, 4) is 5.75 Å². The van der Waals surface area contributed by atoms with Gasteiger partial charge < -0.3 is 14.8 Å². The van der Waals surface area contributed by atoms with E-state index in [1.807, 2.05) is 12.2 Å². The molecule has 26 heavy (non-hydrogen) atoms. The molecule has 0 radical (unpaired) electrons. The van der Waals surface area contributed by atoms with Crippen LogP contribution in [0.4, 0.5) is 18.0 Å². The van der Waals surface area contributed by atoms with E-state index < -0.39 is 42.9 Å². The van der Waals surface area contributed by atoms with Crippen LogP contribution < -0.4 is 15.4 Å². The Morgan fingerprint density at radius 1 is 1.19 bits per heavy atom. The zero-order valence-electron chi connectivity index (χ0n) is 14.2. The van der Waals surface area contributed by atoms with E-state index in [0.29, 0.717) is 6.42 Å². The van der Waals surface area contributed by atoms with E-state index in [0.717, 1.165) is 18.2 Å². The average molecular weight is 376 g/mol. The summed E-state index contributed by atoms with van der Waals surface area (Å²) in [6, 6.07) is 3.12. The predicted octanol–water partition coefficient (Wildman–Crippen LogP) is 2.25. The van der Waals surface area contributed by atoms with Crippen LogP contribution in [-0.2, 0) is 20.5 Å². The lowest BCUT2D eigenvalue weighted by Gasteiger charge is -2.12. The summed E-state index contributed by atoms with van der Waals surface area (Å²) in [6.07, 6.45) is -3.86. The molecule has 144 valence electrons. The number of ether oxygens (including phenoxy) is 2. The van der Waals surface area contributed by atoms with E-state index in [1.54, 1.807) is 6.92 Å². The second kappa shape index (κ2) is 9.64. The number of nitrogens with one attached hydrogen (secondary N) is 2. The first-order valence-corrected chi connectivity index (χ1v) is 7.67. The molecular weight excluding hydrogens is 357 g/mol. The van der Waals surface area contributed by atoms with E-state index in [9.17, 15) is 27.6 Å². The Bertz CT molecular complexity index is 649. The van der Waals surface area contributed by atoms with Crippen LogP contribution in [-0.4, -0.2) is 37.2 Å². The van der Waals surface area contributed by atoms with Gasteiger partial charge in [0.1, 0.15) is 5.75 Å². The Morgan fingerprint density at radius 3 is 2.50 bits per heavy atom. The van der Waals surface area contributed by atoms with Crippen molar-refractivity contribution in [3.05, 3.63) is 29.8 Å². The first-order valence-electron chi connectivity index (χ1n) is 7.67. The molecule has 0 fully saturated rings. The van der Waals surface area contributed by atoms with Crippen LogP contribution in [0.2, 0.25) is 0 Å².